The fourth-order valence-corrected chi connectivity index (χ4v) is 2.56. The van der Waals surface area contributed by atoms with Gasteiger partial charge in [-0.1, -0.05) is 6.07 Å². The molecule has 0 radical (unpaired) electrons. The molecule has 6 nitrogen and oxygen atoms in total. The van der Waals surface area contributed by atoms with Crippen molar-refractivity contribution in [1.29, 1.82) is 0 Å². The minimum Gasteiger partial charge on any atom is -0.353 e. The number of nitrogens with zero attached hydrogens (tertiary/aromatic N) is 4. The molecule has 6 heteroatoms. The molecule has 0 bridgehead atoms. The Hall–Kier alpha value is -2.37. The third-order valence-electron chi connectivity index (χ3n) is 3.70. The lowest BCUT2D eigenvalue weighted by Crippen LogP contribution is -2.49. The molecule has 1 saturated heterocycles. The lowest BCUT2D eigenvalue weighted by atomic mass is 10.2. The highest BCUT2D eigenvalue weighted by Gasteiger charge is 2.22. The lowest BCUT2D eigenvalue weighted by molar-refractivity contribution is -0.130. The van der Waals surface area contributed by atoms with Gasteiger partial charge < -0.3 is 9.80 Å². The molecular weight excluding hydrogens is 266 g/mol. The molecule has 1 aliphatic rings. The summed E-state index contributed by atoms with van der Waals surface area (Å²) in [4.78, 5) is 20.7. The first-order chi connectivity index (χ1) is 10.2. The molecule has 0 aromatic carbocycles. The number of piperazine rings is 1. The monoisotopic (exact) mass is 285 g/mol. The van der Waals surface area contributed by atoms with Crippen LogP contribution in [0.1, 0.15) is 11.4 Å². The number of carbonyl (C=O) groups is 1. The zero-order valence-corrected chi connectivity index (χ0v) is 12.1. The van der Waals surface area contributed by atoms with Crippen LogP contribution in [-0.4, -0.2) is 52.2 Å². The molecule has 0 unspecified atom stereocenters. The van der Waals surface area contributed by atoms with Gasteiger partial charge in [0.1, 0.15) is 5.82 Å². The number of pyridine rings is 1. The van der Waals surface area contributed by atoms with Crippen molar-refractivity contribution in [1.82, 2.24) is 20.1 Å². The highest BCUT2D eigenvalue weighted by molar-refractivity contribution is 5.78. The minimum atomic E-state index is 0.141. The van der Waals surface area contributed by atoms with Gasteiger partial charge in [-0.15, -0.1) is 0 Å². The molecule has 0 saturated carbocycles. The average molecular weight is 285 g/mol. The summed E-state index contributed by atoms with van der Waals surface area (Å²) < 4.78 is 0. The van der Waals surface area contributed by atoms with Crippen molar-refractivity contribution >= 4 is 11.7 Å². The number of aryl methyl sites for hydroxylation is 1. The van der Waals surface area contributed by atoms with E-state index in [1.54, 1.807) is 6.20 Å². The summed E-state index contributed by atoms with van der Waals surface area (Å²) in [5, 5.41) is 6.99. The van der Waals surface area contributed by atoms with Crippen LogP contribution in [0.3, 0.4) is 0 Å². The van der Waals surface area contributed by atoms with Crippen LogP contribution in [-0.2, 0) is 11.2 Å². The lowest BCUT2D eigenvalue weighted by Gasteiger charge is -2.35. The van der Waals surface area contributed by atoms with Crippen molar-refractivity contribution in [3.63, 3.8) is 0 Å². The van der Waals surface area contributed by atoms with Gasteiger partial charge in [0, 0.05) is 38.1 Å². The zero-order valence-electron chi connectivity index (χ0n) is 12.1. The number of hydrogen-bond acceptors (Lipinski definition) is 4. The maximum absolute atomic E-state index is 12.3. The third kappa shape index (κ3) is 3.21. The van der Waals surface area contributed by atoms with E-state index >= 15 is 0 Å². The first kappa shape index (κ1) is 13.6. The van der Waals surface area contributed by atoms with Gasteiger partial charge in [-0.2, -0.15) is 5.10 Å². The van der Waals surface area contributed by atoms with E-state index < -0.39 is 0 Å². The van der Waals surface area contributed by atoms with Crippen LogP contribution in [0.2, 0.25) is 0 Å². The summed E-state index contributed by atoms with van der Waals surface area (Å²) in [5.74, 6) is 1.12. The van der Waals surface area contributed by atoms with Crippen LogP contribution in [0, 0.1) is 6.92 Å². The van der Waals surface area contributed by atoms with Gasteiger partial charge in [0.25, 0.3) is 0 Å². The van der Waals surface area contributed by atoms with Crippen LogP contribution in [0.4, 0.5) is 5.82 Å². The van der Waals surface area contributed by atoms with Gasteiger partial charge >= 0.3 is 0 Å². The highest BCUT2D eigenvalue weighted by Crippen LogP contribution is 2.13. The van der Waals surface area contributed by atoms with Crippen molar-refractivity contribution in [3.8, 4) is 0 Å². The first-order valence-electron chi connectivity index (χ1n) is 7.17. The van der Waals surface area contributed by atoms with Gasteiger partial charge in [-0.05, 0) is 25.1 Å². The van der Waals surface area contributed by atoms with E-state index in [0.29, 0.717) is 6.42 Å². The predicted molar refractivity (Wildman–Crippen MR) is 80.1 cm³/mol. The number of aromatic amines is 1. The Bertz CT molecular complexity index is 602. The summed E-state index contributed by atoms with van der Waals surface area (Å²) in [7, 11) is 0. The van der Waals surface area contributed by atoms with Gasteiger partial charge in [-0.3, -0.25) is 9.89 Å². The van der Waals surface area contributed by atoms with E-state index in [4.69, 9.17) is 0 Å². The number of rotatable bonds is 3. The number of aromatic nitrogens is 3. The van der Waals surface area contributed by atoms with Crippen LogP contribution in [0.5, 0.6) is 0 Å². The third-order valence-corrected chi connectivity index (χ3v) is 3.70. The van der Waals surface area contributed by atoms with E-state index in [1.807, 2.05) is 36.1 Å². The number of nitrogens with one attached hydrogen (secondary N) is 1. The second-order valence-corrected chi connectivity index (χ2v) is 5.27. The standard InChI is InChI=1S/C15H19N5O/c1-12-10-13(18-17-12)11-15(21)20-8-6-19(7-9-20)14-4-2-3-5-16-14/h2-5,10H,6-9,11H2,1H3,(H,17,18). The van der Waals surface area contributed by atoms with E-state index in [1.165, 1.54) is 0 Å². The van der Waals surface area contributed by atoms with Crippen molar-refractivity contribution in [2.75, 3.05) is 31.1 Å². The molecule has 2 aromatic rings. The summed E-state index contributed by atoms with van der Waals surface area (Å²) in [5.41, 5.74) is 1.79. The number of amides is 1. The molecule has 1 fully saturated rings. The average Bonchev–Trinajstić information content (AvgIpc) is 2.93. The van der Waals surface area contributed by atoms with Crippen molar-refractivity contribution < 1.29 is 4.79 Å². The van der Waals surface area contributed by atoms with Crippen LogP contribution in [0.25, 0.3) is 0 Å². The quantitative estimate of drug-likeness (QED) is 0.914. The Balaban J connectivity index is 1.54. The van der Waals surface area contributed by atoms with Crippen molar-refractivity contribution in [2.24, 2.45) is 0 Å². The van der Waals surface area contributed by atoms with Crippen molar-refractivity contribution in [3.05, 3.63) is 41.9 Å². The van der Waals surface area contributed by atoms with E-state index in [-0.39, 0.29) is 5.91 Å². The number of hydrogen-bond donors (Lipinski definition) is 1. The number of H-pyrrole nitrogens is 1. The maximum atomic E-state index is 12.3. The van der Waals surface area contributed by atoms with Gasteiger partial charge in [-0.25, -0.2) is 4.98 Å². The SMILES string of the molecule is Cc1cc(CC(=O)N2CCN(c3ccccn3)CC2)n[nH]1. The molecule has 21 heavy (non-hydrogen) atoms. The number of anilines is 1. The summed E-state index contributed by atoms with van der Waals surface area (Å²) >= 11 is 0. The minimum absolute atomic E-state index is 0.141. The molecule has 3 rings (SSSR count). The molecule has 110 valence electrons. The topological polar surface area (TPSA) is 65.1 Å². The Morgan fingerprint density at radius 3 is 2.71 bits per heavy atom. The normalized spacial score (nSPS) is 15.3. The van der Waals surface area contributed by atoms with Gasteiger partial charge in [0.2, 0.25) is 5.91 Å². The molecule has 1 aliphatic heterocycles. The molecular formula is C15H19N5O. The Labute approximate surface area is 123 Å². The summed E-state index contributed by atoms with van der Waals surface area (Å²) in [6, 6.07) is 7.82. The van der Waals surface area contributed by atoms with E-state index in [0.717, 1.165) is 43.4 Å². The number of carbonyl (C=O) groups excluding carboxylic acids is 1. The van der Waals surface area contributed by atoms with Crippen LogP contribution >= 0.6 is 0 Å². The second-order valence-electron chi connectivity index (χ2n) is 5.27. The fraction of sp³-hybridized carbons (Fsp3) is 0.400. The smallest absolute Gasteiger partial charge is 0.228 e. The van der Waals surface area contributed by atoms with E-state index in [2.05, 4.69) is 20.1 Å². The molecule has 1 N–H and O–H groups in total. The molecule has 0 aliphatic carbocycles. The Morgan fingerprint density at radius 2 is 2.10 bits per heavy atom. The largest absolute Gasteiger partial charge is 0.353 e. The zero-order chi connectivity index (χ0) is 14.7. The molecule has 3 heterocycles. The highest BCUT2D eigenvalue weighted by atomic mass is 16.2. The first-order valence-corrected chi connectivity index (χ1v) is 7.17. The van der Waals surface area contributed by atoms with Crippen LogP contribution < -0.4 is 4.90 Å². The maximum Gasteiger partial charge on any atom is 0.228 e. The molecule has 2 aromatic heterocycles. The fourth-order valence-electron chi connectivity index (χ4n) is 2.56. The second kappa shape index (κ2) is 5.95. The predicted octanol–water partition coefficient (Wildman–Crippen LogP) is 1.00. The molecule has 0 atom stereocenters. The molecule has 1 amide bonds. The van der Waals surface area contributed by atoms with Gasteiger partial charge in [0.15, 0.2) is 0 Å². The van der Waals surface area contributed by atoms with E-state index in [9.17, 15) is 4.79 Å². The molecule has 0 spiro atoms. The van der Waals surface area contributed by atoms with Gasteiger partial charge in [0.05, 0.1) is 12.1 Å². The van der Waals surface area contributed by atoms with Crippen LogP contribution in [0.15, 0.2) is 30.5 Å². The summed E-state index contributed by atoms with van der Waals surface area (Å²) in [6.45, 7) is 5.05. The Morgan fingerprint density at radius 1 is 1.29 bits per heavy atom. The van der Waals surface area contributed by atoms with Crippen molar-refractivity contribution in [2.45, 2.75) is 13.3 Å². The summed E-state index contributed by atoms with van der Waals surface area (Å²) in [6.07, 6.45) is 2.17. The Kier molecular flexibility index (Phi) is 3.85.